The summed E-state index contributed by atoms with van der Waals surface area (Å²) in [5.41, 5.74) is 5.54. The Morgan fingerprint density at radius 2 is 1.92 bits per heavy atom. The molecule has 0 fully saturated rings. The first-order valence-corrected chi connectivity index (χ1v) is 3.82. The molecule has 0 spiro atoms. The minimum Gasteiger partial charge on any atom is -0.319 e. The Morgan fingerprint density at radius 3 is 2.46 bits per heavy atom. The Labute approximate surface area is 74.4 Å². The average Bonchev–Trinajstić information content (AvgIpc) is 2.08. The monoisotopic (exact) mass is 189 g/mol. The minimum atomic E-state index is -2.67. The summed E-state index contributed by atoms with van der Waals surface area (Å²) in [6, 6.07) is 2.60. The second-order valence-corrected chi connectivity index (χ2v) is 2.81. The first kappa shape index (κ1) is 10.1. The van der Waals surface area contributed by atoms with Gasteiger partial charge < -0.3 is 5.73 Å². The van der Waals surface area contributed by atoms with Gasteiger partial charge in [-0.05, 0) is 24.1 Å². The second kappa shape index (κ2) is 3.79. The van der Waals surface area contributed by atoms with E-state index >= 15 is 0 Å². The molecule has 0 amide bonds. The molecule has 1 rings (SSSR count). The van der Waals surface area contributed by atoms with E-state index in [0.29, 0.717) is 0 Å². The first-order chi connectivity index (χ1) is 6.04. The molecule has 1 atom stereocenters. The third-order valence-electron chi connectivity index (χ3n) is 1.94. The lowest BCUT2D eigenvalue weighted by molar-refractivity contribution is 0.116. The fraction of sp³-hybridized carbons (Fsp3) is 0.333. The Morgan fingerprint density at radius 1 is 1.31 bits per heavy atom. The van der Waals surface area contributed by atoms with E-state index in [2.05, 4.69) is 0 Å². The van der Waals surface area contributed by atoms with E-state index in [-0.39, 0.29) is 11.1 Å². The maximum absolute atomic E-state index is 12.9. The van der Waals surface area contributed by atoms with Crippen LogP contribution in [0.25, 0.3) is 0 Å². The van der Waals surface area contributed by atoms with Crippen molar-refractivity contribution in [3.63, 3.8) is 0 Å². The fourth-order valence-electron chi connectivity index (χ4n) is 1.12. The molecule has 4 heteroatoms. The van der Waals surface area contributed by atoms with Gasteiger partial charge in [-0.25, -0.2) is 13.2 Å². The van der Waals surface area contributed by atoms with Crippen molar-refractivity contribution in [2.45, 2.75) is 19.4 Å². The zero-order valence-corrected chi connectivity index (χ0v) is 7.10. The number of nitrogens with two attached hydrogens (primary N) is 1. The Balaban J connectivity index is 3.07. The van der Waals surface area contributed by atoms with Crippen LogP contribution in [0.5, 0.6) is 0 Å². The van der Waals surface area contributed by atoms with Crippen molar-refractivity contribution in [3.8, 4) is 0 Å². The van der Waals surface area contributed by atoms with Gasteiger partial charge in [0.1, 0.15) is 5.82 Å². The summed E-state index contributed by atoms with van der Waals surface area (Å²) in [6.07, 6.45) is -2.67. The summed E-state index contributed by atoms with van der Waals surface area (Å²) in [7, 11) is 0. The molecular weight excluding hydrogens is 179 g/mol. The number of benzene rings is 1. The molecule has 0 radical (unpaired) electrons. The highest BCUT2D eigenvalue weighted by Crippen LogP contribution is 2.22. The van der Waals surface area contributed by atoms with Crippen molar-refractivity contribution >= 4 is 0 Å². The van der Waals surface area contributed by atoms with E-state index < -0.39 is 18.3 Å². The molecule has 0 bridgehead atoms. The van der Waals surface area contributed by atoms with E-state index in [9.17, 15) is 13.2 Å². The molecule has 1 nitrogen and oxygen atoms in total. The Kier molecular flexibility index (Phi) is 2.93. The topological polar surface area (TPSA) is 26.0 Å². The fourth-order valence-corrected chi connectivity index (χ4v) is 1.12. The summed E-state index contributed by atoms with van der Waals surface area (Å²) in [6.45, 7) is 1.44. The molecule has 0 saturated heterocycles. The highest BCUT2D eigenvalue weighted by molar-refractivity contribution is 5.30. The lowest BCUT2D eigenvalue weighted by atomic mass is 10.0. The van der Waals surface area contributed by atoms with E-state index in [4.69, 9.17) is 5.73 Å². The number of hydrogen-bond donors (Lipinski definition) is 1. The van der Waals surface area contributed by atoms with Crippen molar-refractivity contribution in [2.75, 3.05) is 0 Å². The number of halogens is 3. The van der Waals surface area contributed by atoms with Crippen LogP contribution >= 0.6 is 0 Å². The molecule has 0 aromatic heterocycles. The largest absolute Gasteiger partial charge is 0.319 e. The Hall–Kier alpha value is -1.03. The molecule has 1 aromatic rings. The molecule has 0 unspecified atom stereocenters. The van der Waals surface area contributed by atoms with Crippen LogP contribution < -0.4 is 5.73 Å². The van der Waals surface area contributed by atoms with Crippen LogP contribution in [0.15, 0.2) is 18.2 Å². The van der Waals surface area contributed by atoms with Crippen molar-refractivity contribution < 1.29 is 13.2 Å². The van der Waals surface area contributed by atoms with Gasteiger partial charge in [0, 0.05) is 0 Å². The normalized spacial score (nSPS) is 13.4. The van der Waals surface area contributed by atoms with E-state index in [0.717, 1.165) is 0 Å². The summed E-state index contributed by atoms with van der Waals surface area (Å²) in [5.74, 6) is -0.506. The number of alkyl halides is 2. The van der Waals surface area contributed by atoms with E-state index in [1.807, 2.05) is 0 Å². The van der Waals surface area contributed by atoms with Gasteiger partial charge in [-0.3, -0.25) is 0 Å². The van der Waals surface area contributed by atoms with Crippen molar-refractivity contribution in [3.05, 3.63) is 35.1 Å². The zero-order chi connectivity index (χ0) is 10.0. The van der Waals surface area contributed by atoms with Crippen LogP contribution in [0.2, 0.25) is 0 Å². The SMILES string of the molecule is Cc1c(F)cccc1[C@@H](N)C(F)F. The maximum atomic E-state index is 12.9. The van der Waals surface area contributed by atoms with Gasteiger partial charge in [0.25, 0.3) is 6.43 Å². The standard InChI is InChI=1S/C9H10F3N/c1-5-6(8(13)9(11)12)3-2-4-7(5)10/h2-4,8-9H,13H2,1H3/t8-/m1/s1. The highest BCUT2D eigenvalue weighted by atomic mass is 19.3. The lowest BCUT2D eigenvalue weighted by Crippen LogP contribution is -2.20. The van der Waals surface area contributed by atoms with Gasteiger partial charge in [0.15, 0.2) is 0 Å². The number of hydrogen-bond acceptors (Lipinski definition) is 1. The average molecular weight is 189 g/mol. The molecule has 0 saturated carbocycles. The van der Waals surface area contributed by atoms with Gasteiger partial charge in [0.2, 0.25) is 0 Å². The van der Waals surface area contributed by atoms with Crippen LogP contribution in [0.3, 0.4) is 0 Å². The minimum absolute atomic E-state index is 0.162. The van der Waals surface area contributed by atoms with Crippen LogP contribution in [0.1, 0.15) is 17.2 Å². The van der Waals surface area contributed by atoms with Gasteiger partial charge in [0.05, 0.1) is 6.04 Å². The second-order valence-electron chi connectivity index (χ2n) is 2.81. The summed E-state index contributed by atoms with van der Waals surface area (Å²) < 4.78 is 37.3. The molecule has 0 heterocycles. The molecule has 0 aliphatic rings. The Bertz CT molecular complexity index is 299. The van der Waals surface area contributed by atoms with E-state index in [1.165, 1.54) is 25.1 Å². The first-order valence-electron chi connectivity index (χ1n) is 3.82. The summed E-state index contributed by atoms with van der Waals surface area (Å²) in [4.78, 5) is 0. The maximum Gasteiger partial charge on any atom is 0.257 e. The van der Waals surface area contributed by atoms with Gasteiger partial charge in [-0.2, -0.15) is 0 Å². The third-order valence-corrected chi connectivity index (χ3v) is 1.94. The smallest absolute Gasteiger partial charge is 0.257 e. The molecule has 2 N–H and O–H groups in total. The van der Waals surface area contributed by atoms with Crippen LogP contribution in [-0.4, -0.2) is 6.43 Å². The molecule has 0 aliphatic carbocycles. The summed E-state index contributed by atoms with van der Waals surface area (Å²) >= 11 is 0. The third kappa shape index (κ3) is 2.01. The molecule has 72 valence electrons. The predicted molar refractivity (Wildman–Crippen MR) is 44.1 cm³/mol. The molecular formula is C9H10F3N. The molecule has 0 aliphatic heterocycles. The van der Waals surface area contributed by atoms with Crippen LogP contribution in [0, 0.1) is 12.7 Å². The quantitative estimate of drug-likeness (QED) is 0.759. The van der Waals surface area contributed by atoms with E-state index in [1.54, 1.807) is 0 Å². The van der Waals surface area contributed by atoms with Crippen molar-refractivity contribution in [2.24, 2.45) is 5.73 Å². The summed E-state index contributed by atoms with van der Waals surface area (Å²) in [5, 5.41) is 0. The highest BCUT2D eigenvalue weighted by Gasteiger charge is 2.20. The number of rotatable bonds is 2. The molecule has 1 aromatic carbocycles. The van der Waals surface area contributed by atoms with Gasteiger partial charge in [-0.1, -0.05) is 12.1 Å². The van der Waals surface area contributed by atoms with Crippen molar-refractivity contribution in [1.29, 1.82) is 0 Å². The predicted octanol–water partition coefficient (Wildman–Crippen LogP) is 2.40. The van der Waals surface area contributed by atoms with Gasteiger partial charge >= 0.3 is 0 Å². The zero-order valence-electron chi connectivity index (χ0n) is 7.10. The van der Waals surface area contributed by atoms with Gasteiger partial charge in [-0.15, -0.1) is 0 Å². The van der Waals surface area contributed by atoms with Crippen molar-refractivity contribution in [1.82, 2.24) is 0 Å². The van der Waals surface area contributed by atoms with Crippen LogP contribution in [0.4, 0.5) is 13.2 Å². The molecule has 13 heavy (non-hydrogen) atoms. The van der Waals surface area contributed by atoms with Crippen LogP contribution in [-0.2, 0) is 0 Å². The lowest BCUT2D eigenvalue weighted by Gasteiger charge is -2.13.